The van der Waals surface area contributed by atoms with Gasteiger partial charge in [0.05, 0.1) is 0 Å². The third kappa shape index (κ3) is 2.06. The molecule has 90 valence electrons. The maximum absolute atomic E-state index is 11.9. The van der Waals surface area contributed by atoms with Crippen LogP contribution in [0.2, 0.25) is 0 Å². The Labute approximate surface area is 94.4 Å². The molecule has 6 heteroatoms. The van der Waals surface area contributed by atoms with Crippen LogP contribution in [0, 0.1) is 5.92 Å². The molecule has 4 amide bonds. The van der Waals surface area contributed by atoms with Gasteiger partial charge in [0.2, 0.25) is 11.8 Å². The van der Waals surface area contributed by atoms with Crippen molar-refractivity contribution in [1.29, 1.82) is 0 Å². The first-order valence-corrected chi connectivity index (χ1v) is 5.37. The second kappa shape index (κ2) is 5.07. The molecule has 1 aliphatic rings. The molecule has 16 heavy (non-hydrogen) atoms. The molecule has 0 radical (unpaired) electrons. The first-order chi connectivity index (χ1) is 7.54. The topological polar surface area (TPSA) is 83.7 Å². The van der Waals surface area contributed by atoms with Gasteiger partial charge in [-0.05, 0) is 19.4 Å². The third-order valence-corrected chi connectivity index (χ3v) is 2.61. The van der Waals surface area contributed by atoms with Gasteiger partial charge in [-0.15, -0.1) is 0 Å². The normalized spacial score (nSPS) is 21.9. The van der Waals surface area contributed by atoms with Gasteiger partial charge in [0.1, 0.15) is 5.92 Å². The Morgan fingerprint density at radius 1 is 1.25 bits per heavy atom. The van der Waals surface area contributed by atoms with E-state index >= 15 is 0 Å². The van der Waals surface area contributed by atoms with E-state index in [1.807, 2.05) is 6.92 Å². The molecule has 1 unspecified atom stereocenters. The zero-order valence-electron chi connectivity index (χ0n) is 9.60. The lowest BCUT2D eigenvalue weighted by atomic mass is 10.00. The summed E-state index contributed by atoms with van der Waals surface area (Å²) in [6, 6.07) is -0.537. The van der Waals surface area contributed by atoms with Crippen molar-refractivity contribution in [3.63, 3.8) is 0 Å². The van der Waals surface area contributed by atoms with Crippen LogP contribution in [-0.2, 0) is 9.59 Å². The van der Waals surface area contributed by atoms with E-state index in [1.54, 1.807) is 0 Å². The monoisotopic (exact) mass is 227 g/mol. The fourth-order valence-corrected chi connectivity index (χ4v) is 1.74. The molecule has 1 fully saturated rings. The van der Waals surface area contributed by atoms with E-state index in [9.17, 15) is 14.4 Å². The fraction of sp³-hybridized carbons (Fsp3) is 0.700. The molecule has 1 heterocycles. The van der Waals surface area contributed by atoms with E-state index in [2.05, 4.69) is 0 Å². The summed E-state index contributed by atoms with van der Waals surface area (Å²) in [7, 11) is 1.39. The van der Waals surface area contributed by atoms with Gasteiger partial charge in [0, 0.05) is 13.6 Å². The molecule has 0 aromatic rings. The number of nitrogens with two attached hydrogens (primary N) is 1. The summed E-state index contributed by atoms with van der Waals surface area (Å²) in [5.41, 5.74) is 5.36. The Bertz CT molecular complexity index is 288. The molecule has 2 N–H and O–H groups in total. The van der Waals surface area contributed by atoms with Crippen molar-refractivity contribution in [2.75, 3.05) is 20.1 Å². The van der Waals surface area contributed by atoms with E-state index in [1.165, 1.54) is 7.05 Å². The zero-order chi connectivity index (χ0) is 12.3. The van der Waals surface area contributed by atoms with Gasteiger partial charge in [-0.2, -0.15) is 0 Å². The van der Waals surface area contributed by atoms with Gasteiger partial charge in [0.15, 0.2) is 0 Å². The predicted octanol–water partition coefficient (Wildman–Crippen LogP) is -0.218. The molecule has 0 bridgehead atoms. The maximum Gasteiger partial charge on any atom is 0.333 e. The smallest absolute Gasteiger partial charge is 0.330 e. The Morgan fingerprint density at radius 3 is 2.38 bits per heavy atom. The van der Waals surface area contributed by atoms with Crippen LogP contribution >= 0.6 is 0 Å². The second-order valence-electron chi connectivity index (χ2n) is 3.80. The molecule has 0 aromatic heterocycles. The number of amides is 4. The Kier molecular flexibility index (Phi) is 4.00. The number of imide groups is 2. The maximum atomic E-state index is 11.9. The van der Waals surface area contributed by atoms with Crippen LogP contribution in [0.3, 0.4) is 0 Å². The average Bonchev–Trinajstić information content (AvgIpc) is 2.28. The number of carbonyl (C=O) groups excluding carboxylic acids is 3. The molecule has 0 saturated carbocycles. The van der Waals surface area contributed by atoms with Gasteiger partial charge in [0.25, 0.3) is 0 Å². The highest BCUT2D eigenvalue weighted by molar-refractivity contribution is 6.15. The van der Waals surface area contributed by atoms with Gasteiger partial charge >= 0.3 is 6.03 Å². The molecule has 0 spiro atoms. The number of rotatable bonds is 4. The van der Waals surface area contributed by atoms with Crippen LogP contribution in [0.15, 0.2) is 0 Å². The number of urea groups is 1. The summed E-state index contributed by atoms with van der Waals surface area (Å²) in [4.78, 5) is 37.4. The van der Waals surface area contributed by atoms with E-state index in [0.717, 1.165) is 9.80 Å². The van der Waals surface area contributed by atoms with Crippen LogP contribution in [0.4, 0.5) is 4.79 Å². The molecule has 1 atom stereocenters. The van der Waals surface area contributed by atoms with Gasteiger partial charge in [-0.3, -0.25) is 19.4 Å². The van der Waals surface area contributed by atoms with Gasteiger partial charge < -0.3 is 5.73 Å². The van der Waals surface area contributed by atoms with Crippen molar-refractivity contribution in [2.45, 2.75) is 19.8 Å². The summed E-state index contributed by atoms with van der Waals surface area (Å²) in [6.07, 6.45) is 0.963. The highest BCUT2D eigenvalue weighted by atomic mass is 16.2. The lowest BCUT2D eigenvalue weighted by molar-refractivity contribution is -0.148. The first kappa shape index (κ1) is 12.6. The lowest BCUT2D eigenvalue weighted by Crippen LogP contribution is -2.58. The summed E-state index contributed by atoms with van der Waals surface area (Å²) in [6.45, 7) is 2.47. The van der Waals surface area contributed by atoms with E-state index < -0.39 is 23.8 Å². The van der Waals surface area contributed by atoms with Gasteiger partial charge in [-0.1, -0.05) is 6.92 Å². The summed E-state index contributed by atoms with van der Waals surface area (Å²) < 4.78 is 0. The quantitative estimate of drug-likeness (QED) is 0.673. The van der Waals surface area contributed by atoms with Crippen LogP contribution in [-0.4, -0.2) is 47.8 Å². The van der Waals surface area contributed by atoms with Crippen molar-refractivity contribution in [3.8, 4) is 0 Å². The molecule has 6 nitrogen and oxygen atoms in total. The Hall–Kier alpha value is -1.43. The van der Waals surface area contributed by atoms with Crippen molar-refractivity contribution in [2.24, 2.45) is 11.7 Å². The average molecular weight is 227 g/mol. The fourth-order valence-electron chi connectivity index (χ4n) is 1.74. The van der Waals surface area contributed by atoms with E-state index in [-0.39, 0.29) is 13.0 Å². The Morgan fingerprint density at radius 2 is 1.88 bits per heavy atom. The third-order valence-electron chi connectivity index (χ3n) is 2.61. The van der Waals surface area contributed by atoms with Crippen LogP contribution in [0.5, 0.6) is 0 Å². The SMILES string of the molecule is CCCN1C(=O)C(CCN)C(=O)N(C)C1=O. The number of barbiturate groups is 1. The molecule has 1 saturated heterocycles. The number of hydrogen-bond acceptors (Lipinski definition) is 4. The van der Waals surface area contributed by atoms with Crippen molar-refractivity contribution in [1.82, 2.24) is 9.80 Å². The summed E-state index contributed by atoms with van der Waals surface area (Å²) in [5.74, 6) is -1.66. The predicted molar refractivity (Wildman–Crippen MR) is 57.3 cm³/mol. The molecule has 1 rings (SSSR count). The molecular formula is C10H17N3O3. The highest BCUT2D eigenvalue weighted by Crippen LogP contribution is 2.19. The Balaban J connectivity index is 2.93. The molecule has 1 aliphatic heterocycles. The van der Waals surface area contributed by atoms with Crippen molar-refractivity contribution in [3.05, 3.63) is 0 Å². The van der Waals surface area contributed by atoms with Crippen molar-refractivity contribution < 1.29 is 14.4 Å². The molecule has 0 aliphatic carbocycles. The molecular weight excluding hydrogens is 210 g/mol. The zero-order valence-corrected chi connectivity index (χ0v) is 9.60. The minimum atomic E-state index is -0.792. The van der Waals surface area contributed by atoms with Crippen LogP contribution < -0.4 is 5.73 Å². The van der Waals surface area contributed by atoms with E-state index in [4.69, 9.17) is 5.73 Å². The van der Waals surface area contributed by atoms with Crippen LogP contribution in [0.25, 0.3) is 0 Å². The number of nitrogens with zero attached hydrogens (tertiary/aromatic N) is 2. The molecule has 0 aromatic carbocycles. The number of hydrogen-bond donors (Lipinski definition) is 1. The number of carbonyl (C=O) groups is 3. The van der Waals surface area contributed by atoms with Crippen LogP contribution in [0.1, 0.15) is 19.8 Å². The first-order valence-electron chi connectivity index (χ1n) is 5.37. The standard InChI is InChI=1S/C10H17N3O3/c1-3-6-13-9(15)7(4-5-11)8(14)12(2)10(13)16/h7H,3-6,11H2,1-2H3. The van der Waals surface area contributed by atoms with E-state index in [0.29, 0.717) is 13.0 Å². The lowest BCUT2D eigenvalue weighted by Gasteiger charge is -2.34. The second-order valence-corrected chi connectivity index (χ2v) is 3.80. The van der Waals surface area contributed by atoms with Crippen molar-refractivity contribution >= 4 is 17.8 Å². The minimum absolute atomic E-state index is 0.254. The van der Waals surface area contributed by atoms with Gasteiger partial charge in [-0.25, -0.2) is 4.79 Å². The summed E-state index contributed by atoms with van der Waals surface area (Å²) >= 11 is 0. The summed E-state index contributed by atoms with van der Waals surface area (Å²) in [5, 5.41) is 0. The minimum Gasteiger partial charge on any atom is -0.330 e. The largest absolute Gasteiger partial charge is 0.333 e. The highest BCUT2D eigenvalue weighted by Gasteiger charge is 2.42.